The van der Waals surface area contributed by atoms with E-state index in [1.165, 1.54) is 12.8 Å². The minimum atomic E-state index is -3.36. The van der Waals surface area contributed by atoms with Gasteiger partial charge in [-0.2, -0.15) is 4.31 Å². The topological polar surface area (TPSA) is 37.4 Å². The predicted octanol–water partition coefficient (Wildman–Crippen LogP) is 4.02. The van der Waals surface area contributed by atoms with Crippen molar-refractivity contribution in [3.63, 3.8) is 0 Å². The van der Waals surface area contributed by atoms with E-state index in [9.17, 15) is 8.42 Å². The van der Waals surface area contributed by atoms with Gasteiger partial charge in [-0.25, -0.2) is 8.42 Å². The second-order valence-electron chi connectivity index (χ2n) is 5.77. The molecule has 1 atom stereocenters. The van der Waals surface area contributed by atoms with Crippen LogP contribution in [0.25, 0.3) is 0 Å². The van der Waals surface area contributed by atoms with Crippen LogP contribution in [-0.4, -0.2) is 25.8 Å². The highest BCUT2D eigenvalue weighted by molar-refractivity contribution is 7.89. The molecule has 1 heterocycles. The van der Waals surface area contributed by atoms with Gasteiger partial charge in [0.2, 0.25) is 10.0 Å². The summed E-state index contributed by atoms with van der Waals surface area (Å²) in [6.45, 7) is 3.47. The van der Waals surface area contributed by atoms with E-state index in [1.54, 1.807) is 28.6 Å². The third-order valence-electron chi connectivity index (χ3n) is 4.22. The lowest BCUT2D eigenvalue weighted by atomic mass is 9.96. The first kappa shape index (κ1) is 16.8. The summed E-state index contributed by atoms with van der Waals surface area (Å²) in [7, 11) is -3.36. The number of alkyl halides is 1. The highest BCUT2D eigenvalue weighted by Crippen LogP contribution is 2.26. The van der Waals surface area contributed by atoms with Crippen LogP contribution in [0.5, 0.6) is 0 Å². The minimum absolute atomic E-state index is 0.380. The molecule has 2 rings (SSSR count). The lowest BCUT2D eigenvalue weighted by molar-refractivity contribution is 0.400. The summed E-state index contributed by atoms with van der Waals surface area (Å²) in [5.41, 5.74) is 0.939. The molecule has 1 aromatic rings. The van der Waals surface area contributed by atoms with Crippen molar-refractivity contribution in [3.05, 3.63) is 29.8 Å². The molecule has 0 amide bonds. The van der Waals surface area contributed by atoms with Gasteiger partial charge in [-0.05, 0) is 42.9 Å². The van der Waals surface area contributed by atoms with E-state index in [0.717, 1.165) is 24.8 Å². The summed E-state index contributed by atoms with van der Waals surface area (Å²) < 4.78 is 27.0. The summed E-state index contributed by atoms with van der Waals surface area (Å²) in [5.74, 6) is 1.08. The maximum absolute atomic E-state index is 12.7. The first-order valence-corrected chi connectivity index (χ1v) is 9.70. The molecule has 0 aliphatic carbocycles. The summed E-state index contributed by atoms with van der Waals surface area (Å²) >= 11 is 5.75. The maximum Gasteiger partial charge on any atom is 0.243 e. The third-order valence-corrected chi connectivity index (χ3v) is 6.44. The van der Waals surface area contributed by atoms with Gasteiger partial charge in [0.25, 0.3) is 0 Å². The zero-order valence-corrected chi connectivity index (χ0v) is 14.2. The van der Waals surface area contributed by atoms with Gasteiger partial charge in [0.1, 0.15) is 0 Å². The number of benzene rings is 1. The summed E-state index contributed by atoms with van der Waals surface area (Å²) in [6.07, 6.45) is 5.47. The average Bonchev–Trinajstić information content (AvgIpc) is 2.74. The second-order valence-corrected chi connectivity index (χ2v) is 7.97. The third kappa shape index (κ3) is 4.21. The van der Waals surface area contributed by atoms with Crippen molar-refractivity contribution in [2.45, 2.75) is 49.8 Å². The monoisotopic (exact) mass is 329 g/mol. The second kappa shape index (κ2) is 7.61. The van der Waals surface area contributed by atoms with Crippen LogP contribution in [0.2, 0.25) is 0 Å². The molecule has 1 aromatic carbocycles. The van der Waals surface area contributed by atoms with Crippen molar-refractivity contribution in [3.8, 4) is 0 Å². The van der Waals surface area contributed by atoms with Crippen molar-refractivity contribution in [2.24, 2.45) is 5.92 Å². The predicted molar refractivity (Wildman–Crippen MR) is 87.0 cm³/mol. The van der Waals surface area contributed by atoms with Crippen LogP contribution in [0.3, 0.4) is 0 Å². The summed E-state index contributed by atoms with van der Waals surface area (Å²) in [4.78, 5) is 0.380. The Bertz CT molecular complexity index is 542. The molecular formula is C16H24ClNO2S. The van der Waals surface area contributed by atoms with Gasteiger partial charge < -0.3 is 0 Å². The van der Waals surface area contributed by atoms with Gasteiger partial charge in [0, 0.05) is 19.0 Å². The van der Waals surface area contributed by atoms with E-state index < -0.39 is 10.0 Å². The van der Waals surface area contributed by atoms with Gasteiger partial charge in [-0.1, -0.05) is 31.9 Å². The first-order chi connectivity index (χ1) is 10.1. The Hall–Kier alpha value is -0.580. The maximum atomic E-state index is 12.7. The van der Waals surface area contributed by atoms with Crippen molar-refractivity contribution >= 4 is 21.6 Å². The average molecular weight is 330 g/mol. The van der Waals surface area contributed by atoms with Crippen LogP contribution in [0.4, 0.5) is 0 Å². The minimum Gasteiger partial charge on any atom is -0.207 e. The molecule has 0 bridgehead atoms. The van der Waals surface area contributed by atoms with E-state index in [4.69, 9.17) is 11.6 Å². The van der Waals surface area contributed by atoms with Gasteiger partial charge in [0.15, 0.2) is 0 Å². The van der Waals surface area contributed by atoms with Crippen LogP contribution in [0.1, 0.15) is 44.6 Å². The van der Waals surface area contributed by atoms with E-state index in [0.29, 0.717) is 29.8 Å². The lowest BCUT2D eigenvalue weighted by Gasteiger charge is -2.20. The van der Waals surface area contributed by atoms with E-state index in [1.807, 2.05) is 0 Å². The molecule has 5 heteroatoms. The fourth-order valence-corrected chi connectivity index (χ4v) is 4.65. The van der Waals surface area contributed by atoms with Crippen LogP contribution in [-0.2, 0) is 15.9 Å². The van der Waals surface area contributed by atoms with Gasteiger partial charge >= 0.3 is 0 Å². The van der Waals surface area contributed by atoms with E-state index in [-0.39, 0.29) is 0 Å². The van der Waals surface area contributed by atoms with Gasteiger partial charge in [-0.15, -0.1) is 11.6 Å². The quantitative estimate of drug-likeness (QED) is 0.765. The van der Waals surface area contributed by atoms with Crippen LogP contribution in [0.15, 0.2) is 29.2 Å². The largest absolute Gasteiger partial charge is 0.243 e. The molecule has 1 saturated heterocycles. The molecule has 1 aliphatic heterocycles. The Morgan fingerprint density at radius 2 is 1.90 bits per heavy atom. The van der Waals surface area contributed by atoms with Crippen molar-refractivity contribution < 1.29 is 8.42 Å². The zero-order valence-electron chi connectivity index (χ0n) is 12.6. The number of hydrogen-bond acceptors (Lipinski definition) is 2. The molecule has 1 fully saturated rings. The van der Waals surface area contributed by atoms with Gasteiger partial charge in [0.05, 0.1) is 4.90 Å². The molecule has 0 aromatic heterocycles. The molecule has 3 nitrogen and oxygen atoms in total. The van der Waals surface area contributed by atoms with Crippen LogP contribution in [0, 0.1) is 5.92 Å². The molecule has 0 radical (unpaired) electrons. The normalized spacial score (nSPS) is 21.1. The lowest BCUT2D eigenvalue weighted by Crippen LogP contribution is -2.32. The molecule has 0 N–H and O–H groups in total. The van der Waals surface area contributed by atoms with Gasteiger partial charge in [-0.3, -0.25) is 0 Å². The number of nitrogens with zero attached hydrogens (tertiary/aromatic N) is 1. The number of hydrogen-bond donors (Lipinski definition) is 0. The molecule has 0 saturated carbocycles. The van der Waals surface area contributed by atoms with Crippen LogP contribution < -0.4 is 0 Å². The fourth-order valence-electron chi connectivity index (χ4n) is 2.98. The molecular weight excluding hydrogens is 306 g/mol. The Kier molecular flexibility index (Phi) is 6.08. The van der Waals surface area contributed by atoms with Crippen molar-refractivity contribution in [1.82, 2.24) is 4.31 Å². The molecule has 1 aliphatic rings. The fraction of sp³-hybridized carbons (Fsp3) is 0.625. The molecule has 0 spiro atoms. The summed E-state index contributed by atoms with van der Waals surface area (Å²) in [5, 5.41) is 0. The Morgan fingerprint density at radius 1 is 1.19 bits per heavy atom. The Labute approximate surface area is 133 Å². The Morgan fingerprint density at radius 3 is 2.52 bits per heavy atom. The van der Waals surface area contributed by atoms with Crippen molar-refractivity contribution in [2.75, 3.05) is 13.1 Å². The standard InChI is InChI=1S/C16H24ClNO2S/c1-2-4-14-5-3-11-18(12-10-14)21(19,20)16-8-6-15(13-17)7-9-16/h6-9,14H,2-5,10-13H2,1H3. The van der Waals surface area contributed by atoms with Crippen LogP contribution >= 0.6 is 11.6 Å². The molecule has 21 heavy (non-hydrogen) atoms. The Balaban J connectivity index is 2.11. The van der Waals surface area contributed by atoms with Crippen molar-refractivity contribution in [1.29, 1.82) is 0 Å². The number of rotatable bonds is 5. The highest BCUT2D eigenvalue weighted by atomic mass is 35.5. The molecule has 118 valence electrons. The first-order valence-electron chi connectivity index (χ1n) is 7.73. The van der Waals surface area contributed by atoms with E-state index in [2.05, 4.69) is 6.92 Å². The highest BCUT2D eigenvalue weighted by Gasteiger charge is 2.27. The number of sulfonamides is 1. The zero-order chi connectivity index (χ0) is 15.3. The number of halogens is 1. The van der Waals surface area contributed by atoms with E-state index >= 15 is 0 Å². The SMILES string of the molecule is CCCC1CCCN(S(=O)(=O)c2ccc(CCl)cc2)CC1. The summed E-state index contributed by atoms with van der Waals surface area (Å²) in [6, 6.07) is 6.91. The molecule has 1 unspecified atom stereocenters. The smallest absolute Gasteiger partial charge is 0.207 e.